The van der Waals surface area contributed by atoms with Gasteiger partial charge in [0.2, 0.25) is 0 Å². The number of aliphatic hydroxyl groups excluding tert-OH is 1. The first-order valence-electron chi connectivity index (χ1n) is 9.67. The number of likely N-dealkylation sites (tertiary alicyclic amines) is 1. The highest BCUT2D eigenvalue weighted by atomic mass is 32.1. The Morgan fingerprint density at radius 2 is 2.04 bits per heavy atom. The zero-order valence-electron chi connectivity index (χ0n) is 15.9. The van der Waals surface area contributed by atoms with E-state index in [0.29, 0.717) is 29.6 Å². The van der Waals surface area contributed by atoms with Crippen molar-refractivity contribution in [1.29, 1.82) is 0 Å². The van der Waals surface area contributed by atoms with Crippen molar-refractivity contribution in [3.05, 3.63) is 52.2 Å². The van der Waals surface area contributed by atoms with Crippen LogP contribution < -0.4 is 5.32 Å². The zero-order valence-corrected chi connectivity index (χ0v) is 16.7. The van der Waals surface area contributed by atoms with Crippen LogP contribution in [-0.4, -0.2) is 52.6 Å². The third-order valence-corrected chi connectivity index (χ3v) is 6.67. The van der Waals surface area contributed by atoms with Crippen molar-refractivity contribution in [2.75, 3.05) is 18.9 Å². The highest BCUT2D eigenvalue weighted by Gasteiger charge is 2.45. The summed E-state index contributed by atoms with van der Waals surface area (Å²) in [7, 11) is 1.76. The molecule has 1 aromatic carbocycles. The van der Waals surface area contributed by atoms with E-state index in [1.807, 2.05) is 41.8 Å². The number of amides is 3. The molecule has 4 rings (SSSR count). The maximum absolute atomic E-state index is 12.9. The number of fused-ring (bicyclic) bond motifs is 1. The van der Waals surface area contributed by atoms with E-state index in [1.165, 1.54) is 11.3 Å². The average molecular weight is 400 g/mol. The summed E-state index contributed by atoms with van der Waals surface area (Å²) in [6, 6.07) is 11.0. The van der Waals surface area contributed by atoms with Gasteiger partial charge in [-0.25, -0.2) is 4.79 Å². The molecule has 0 unspecified atom stereocenters. The lowest BCUT2D eigenvalue weighted by atomic mass is 10.0. The van der Waals surface area contributed by atoms with Crippen molar-refractivity contribution in [3.8, 4) is 0 Å². The van der Waals surface area contributed by atoms with Crippen LogP contribution in [0.2, 0.25) is 0 Å². The lowest BCUT2D eigenvalue weighted by Gasteiger charge is -2.27. The highest BCUT2D eigenvalue weighted by molar-refractivity contribution is 7.12. The van der Waals surface area contributed by atoms with E-state index in [1.54, 1.807) is 16.8 Å². The second kappa shape index (κ2) is 7.93. The number of nitrogens with zero attached hydrogens (tertiary/aromatic N) is 2. The lowest BCUT2D eigenvalue weighted by Crippen LogP contribution is -2.44. The number of urea groups is 1. The molecule has 1 aliphatic carbocycles. The maximum atomic E-state index is 12.9. The Balaban J connectivity index is 1.46. The molecule has 0 bridgehead atoms. The minimum Gasteiger partial charge on any atom is -0.391 e. The first-order chi connectivity index (χ1) is 13.5. The van der Waals surface area contributed by atoms with Crippen molar-refractivity contribution >= 4 is 29.0 Å². The Bertz CT molecular complexity index is 854. The van der Waals surface area contributed by atoms with Crippen molar-refractivity contribution in [1.82, 2.24) is 9.80 Å². The molecule has 1 aromatic heterocycles. The van der Waals surface area contributed by atoms with Gasteiger partial charge in [-0.15, -0.1) is 11.3 Å². The maximum Gasteiger partial charge on any atom is 0.322 e. The lowest BCUT2D eigenvalue weighted by molar-refractivity contribution is 0.0790. The smallest absolute Gasteiger partial charge is 0.322 e. The Hall–Kier alpha value is -2.38. The van der Waals surface area contributed by atoms with E-state index < -0.39 is 6.10 Å². The van der Waals surface area contributed by atoms with Gasteiger partial charge in [-0.1, -0.05) is 24.3 Å². The van der Waals surface area contributed by atoms with Gasteiger partial charge >= 0.3 is 6.03 Å². The molecule has 7 heteroatoms. The minimum atomic E-state index is -0.428. The third kappa shape index (κ3) is 3.64. The van der Waals surface area contributed by atoms with Crippen LogP contribution in [0.1, 0.15) is 34.5 Å². The van der Waals surface area contributed by atoms with Gasteiger partial charge in [-0.05, 0) is 48.3 Å². The number of anilines is 1. The number of nitrogens with one attached hydrogen (secondary N) is 1. The van der Waals surface area contributed by atoms with Crippen LogP contribution in [0.15, 0.2) is 41.8 Å². The van der Waals surface area contributed by atoms with E-state index in [0.717, 1.165) is 24.8 Å². The molecule has 2 fully saturated rings. The molecule has 2 heterocycles. The summed E-state index contributed by atoms with van der Waals surface area (Å²) in [4.78, 5) is 29.5. The molecule has 2 N–H and O–H groups in total. The Morgan fingerprint density at radius 1 is 1.21 bits per heavy atom. The zero-order chi connectivity index (χ0) is 19.7. The first-order valence-corrected chi connectivity index (χ1v) is 10.5. The molecular formula is C21H25N3O3S. The molecule has 1 saturated heterocycles. The van der Waals surface area contributed by atoms with Gasteiger partial charge in [0.1, 0.15) is 0 Å². The summed E-state index contributed by atoms with van der Waals surface area (Å²) in [5.41, 5.74) is 1.58. The van der Waals surface area contributed by atoms with Crippen LogP contribution in [0.4, 0.5) is 10.5 Å². The molecule has 0 spiro atoms. The average Bonchev–Trinajstić information content (AvgIpc) is 3.42. The normalized spacial score (nSPS) is 23.5. The summed E-state index contributed by atoms with van der Waals surface area (Å²) in [5.74, 6) is 0.373. The summed E-state index contributed by atoms with van der Waals surface area (Å²) in [6.07, 6.45) is 2.28. The van der Waals surface area contributed by atoms with E-state index in [4.69, 9.17) is 0 Å². The van der Waals surface area contributed by atoms with Crippen molar-refractivity contribution < 1.29 is 14.7 Å². The van der Waals surface area contributed by atoms with Crippen molar-refractivity contribution in [3.63, 3.8) is 0 Å². The highest BCUT2D eigenvalue weighted by Crippen LogP contribution is 2.38. The second-order valence-electron chi connectivity index (χ2n) is 7.60. The number of rotatable bonds is 4. The number of benzene rings is 1. The van der Waals surface area contributed by atoms with Crippen LogP contribution in [0, 0.1) is 5.92 Å². The van der Waals surface area contributed by atoms with Gasteiger partial charge in [-0.2, -0.15) is 0 Å². The minimum absolute atomic E-state index is 0.0346. The molecule has 6 nitrogen and oxygen atoms in total. The molecule has 148 valence electrons. The van der Waals surface area contributed by atoms with Crippen LogP contribution in [-0.2, 0) is 6.54 Å². The van der Waals surface area contributed by atoms with Gasteiger partial charge in [0.05, 0.1) is 17.0 Å². The van der Waals surface area contributed by atoms with Crippen LogP contribution in [0.5, 0.6) is 0 Å². The van der Waals surface area contributed by atoms with E-state index >= 15 is 0 Å². The van der Waals surface area contributed by atoms with Gasteiger partial charge in [0.25, 0.3) is 5.91 Å². The third-order valence-electron chi connectivity index (χ3n) is 5.82. The molecule has 28 heavy (non-hydrogen) atoms. The molecule has 3 atom stereocenters. The summed E-state index contributed by atoms with van der Waals surface area (Å²) in [5, 5.41) is 15.1. The van der Waals surface area contributed by atoms with Gasteiger partial charge < -0.3 is 20.2 Å². The van der Waals surface area contributed by atoms with Crippen LogP contribution in [0.25, 0.3) is 0 Å². The Labute approximate surface area is 168 Å². The topological polar surface area (TPSA) is 72.9 Å². The van der Waals surface area contributed by atoms with Gasteiger partial charge in [0, 0.05) is 25.8 Å². The fourth-order valence-electron chi connectivity index (χ4n) is 4.39. The molecule has 1 saturated carbocycles. The summed E-state index contributed by atoms with van der Waals surface area (Å²) >= 11 is 1.42. The first kappa shape index (κ1) is 19.0. The van der Waals surface area contributed by atoms with Crippen molar-refractivity contribution in [2.45, 2.75) is 38.0 Å². The molecule has 3 amide bonds. The van der Waals surface area contributed by atoms with E-state index in [-0.39, 0.29) is 18.0 Å². The summed E-state index contributed by atoms with van der Waals surface area (Å²) < 4.78 is 0. The number of hydrogen-bond donors (Lipinski definition) is 2. The largest absolute Gasteiger partial charge is 0.391 e. The quantitative estimate of drug-likeness (QED) is 0.828. The molecule has 2 aromatic rings. The number of carbonyl (C=O) groups is 2. The standard InChI is InChI=1S/C21H25N3O3S/c1-23(20(26)18-7-4-12-28-18)13-15-5-2-3-6-16(15)22-21(27)24-11-10-14-8-9-17(25)19(14)24/h2-7,12,14,17,19,25H,8-11,13H2,1H3,(H,22,27)/t14-,17+,19+/m0/s1. The molecule has 2 aliphatic rings. The number of carbonyl (C=O) groups excluding carboxylic acids is 2. The number of hydrogen-bond acceptors (Lipinski definition) is 4. The predicted octanol–water partition coefficient (Wildman–Crippen LogP) is 3.40. The van der Waals surface area contributed by atoms with Crippen LogP contribution in [0.3, 0.4) is 0 Å². The van der Waals surface area contributed by atoms with Gasteiger partial charge in [0.15, 0.2) is 0 Å². The predicted molar refractivity (Wildman–Crippen MR) is 109 cm³/mol. The van der Waals surface area contributed by atoms with Crippen LogP contribution >= 0.6 is 11.3 Å². The fourth-order valence-corrected chi connectivity index (χ4v) is 5.11. The Kier molecular flexibility index (Phi) is 5.37. The van der Waals surface area contributed by atoms with E-state index in [9.17, 15) is 14.7 Å². The van der Waals surface area contributed by atoms with E-state index in [2.05, 4.69) is 5.32 Å². The summed E-state index contributed by atoms with van der Waals surface area (Å²) in [6.45, 7) is 1.08. The molecule has 0 radical (unpaired) electrons. The SMILES string of the molecule is CN(Cc1ccccc1NC(=O)N1CC[C@@H]2CC[C@@H](O)[C@@H]21)C(=O)c1cccs1. The molecular weight excluding hydrogens is 374 g/mol. The fraction of sp³-hybridized carbons (Fsp3) is 0.429. The monoisotopic (exact) mass is 399 g/mol. The second-order valence-corrected chi connectivity index (χ2v) is 8.55. The molecule has 1 aliphatic heterocycles. The number of para-hydroxylation sites is 1. The number of thiophene rings is 1. The number of aliphatic hydroxyl groups is 1. The Morgan fingerprint density at radius 3 is 2.82 bits per heavy atom. The van der Waals surface area contributed by atoms with Crippen molar-refractivity contribution in [2.24, 2.45) is 5.92 Å². The van der Waals surface area contributed by atoms with Gasteiger partial charge in [-0.3, -0.25) is 4.79 Å².